The number of rotatable bonds is 3. The molecular formula is C13H17NO3. The van der Waals surface area contributed by atoms with Crippen LogP contribution in [-0.4, -0.2) is 37.6 Å². The van der Waals surface area contributed by atoms with E-state index < -0.39 is 6.56 Å². The number of ether oxygens (including phenoxy) is 2. The molecule has 4 nitrogen and oxygen atoms in total. The number of nitrogens with zero attached hydrogens (tertiary/aromatic N) is 1. The second kappa shape index (κ2) is 5.68. The minimum Gasteiger partial charge on any atom is -0.497 e. The predicted molar refractivity (Wildman–Crippen MR) is 63.8 cm³/mol. The summed E-state index contributed by atoms with van der Waals surface area (Å²) in [4.78, 5) is 13.4. The Morgan fingerprint density at radius 2 is 2.24 bits per heavy atom. The van der Waals surface area contributed by atoms with Gasteiger partial charge in [-0.3, -0.25) is 4.79 Å². The van der Waals surface area contributed by atoms with E-state index in [2.05, 4.69) is 0 Å². The third-order valence-corrected chi connectivity index (χ3v) is 2.66. The molecule has 0 saturated carbocycles. The number of hydrogen-bond donors (Lipinski definition) is 0. The van der Waals surface area contributed by atoms with Crippen molar-refractivity contribution in [3.63, 3.8) is 0 Å². The third kappa shape index (κ3) is 3.20. The van der Waals surface area contributed by atoms with Crippen LogP contribution in [0.25, 0.3) is 0 Å². The molecule has 0 radical (unpaired) electrons. The lowest BCUT2D eigenvalue weighted by molar-refractivity contribution is -0.131. The van der Waals surface area contributed by atoms with Crippen molar-refractivity contribution in [1.29, 1.82) is 0 Å². The Labute approximate surface area is 104 Å². The summed E-state index contributed by atoms with van der Waals surface area (Å²) in [6.07, 6.45) is 0.218. The first-order chi connectivity index (χ1) is 9.00. The molecule has 0 aromatic heterocycles. The zero-order valence-electron chi connectivity index (χ0n) is 11.8. The Morgan fingerprint density at radius 3 is 2.94 bits per heavy atom. The van der Waals surface area contributed by atoms with Crippen molar-refractivity contribution in [1.82, 2.24) is 4.90 Å². The van der Waals surface area contributed by atoms with Gasteiger partial charge in [0, 0.05) is 13.1 Å². The third-order valence-electron chi connectivity index (χ3n) is 2.66. The number of carbonyl (C=O) groups excluding carboxylic acids is 1. The van der Waals surface area contributed by atoms with E-state index >= 15 is 0 Å². The highest BCUT2D eigenvalue weighted by molar-refractivity contribution is 5.76. The molecule has 1 aromatic rings. The van der Waals surface area contributed by atoms with E-state index in [1.165, 1.54) is 4.90 Å². The summed E-state index contributed by atoms with van der Waals surface area (Å²) in [6.45, 7) is -1.31. The molecule has 1 aliphatic heterocycles. The van der Waals surface area contributed by atoms with Crippen molar-refractivity contribution in [3.05, 3.63) is 29.8 Å². The number of hydrogen-bond acceptors (Lipinski definition) is 3. The Kier molecular flexibility index (Phi) is 3.17. The molecule has 92 valence electrons. The highest BCUT2D eigenvalue weighted by atomic mass is 16.5. The van der Waals surface area contributed by atoms with E-state index in [-0.39, 0.29) is 25.5 Å². The molecule has 17 heavy (non-hydrogen) atoms. The molecule has 0 bridgehead atoms. The van der Waals surface area contributed by atoms with Crippen LogP contribution in [0.1, 0.15) is 14.7 Å². The SMILES string of the molecule is [2H]C1([2H])CN(Cc2ccc(OC)cc2)C(=O)CCO1. The van der Waals surface area contributed by atoms with Gasteiger partial charge < -0.3 is 14.4 Å². The van der Waals surface area contributed by atoms with Crippen molar-refractivity contribution in [3.8, 4) is 5.75 Å². The average Bonchev–Trinajstić information content (AvgIpc) is 2.49. The fourth-order valence-electron chi connectivity index (χ4n) is 1.68. The lowest BCUT2D eigenvalue weighted by Gasteiger charge is -2.19. The van der Waals surface area contributed by atoms with Gasteiger partial charge in [-0.2, -0.15) is 0 Å². The first-order valence-electron chi connectivity index (χ1n) is 6.55. The molecule has 0 N–H and O–H groups in total. The fraction of sp³-hybridized carbons (Fsp3) is 0.462. The molecule has 0 aliphatic carbocycles. The molecule has 1 fully saturated rings. The number of amides is 1. The van der Waals surface area contributed by atoms with Gasteiger partial charge in [0.2, 0.25) is 5.91 Å². The van der Waals surface area contributed by atoms with E-state index in [0.717, 1.165) is 11.3 Å². The van der Waals surface area contributed by atoms with E-state index in [9.17, 15) is 4.79 Å². The molecule has 1 amide bonds. The average molecular weight is 237 g/mol. The van der Waals surface area contributed by atoms with Crippen LogP contribution in [0.2, 0.25) is 0 Å². The quantitative estimate of drug-likeness (QED) is 0.798. The summed E-state index contributed by atoms with van der Waals surface area (Å²) in [5.74, 6) is 0.668. The Balaban J connectivity index is 2.08. The van der Waals surface area contributed by atoms with Crippen molar-refractivity contribution >= 4 is 5.91 Å². The molecular weight excluding hydrogens is 218 g/mol. The van der Waals surface area contributed by atoms with Gasteiger partial charge in [-0.1, -0.05) is 12.1 Å². The standard InChI is InChI=1S/C13H17NO3/c1-16-12-4-2-11(3-5-12)10-14-7-9-17-8-6-13(14)15/h2-5H,6-10H2,1H3/i9D2. The van der Waals surface area contributed by atoms with Crippen LogP contribution in [0.5, 0.6) is 5.75 Å². The van der Waals surface area contributed by atoms with Gasteiger partial charge >= 0.3 is 0 Å². The molecule has 1 aliphatic rings. The maximum Gasteiger partial charge on any atom is 0.225 e. The lowest BCUT2D eigenvalue weighted by Crippen LogP contribution is -2.31. The van der Waals surface area contributed by atoms with Gasteiger partial charge in [-0.25, -0.2) is 0 Å². The van der Waals surface area contributed by atoms with Gasteiger partial charge in [0.05, 0.1) is 29.4 Å². The molecule has 1 heterocycles. The molecule has 0 unspecified atom stereocenters. The summed E-state index contributed by atoms with van der Waals surface area (Å²) in [5, 5.41) is 0. The van der Waals surface area contributed by atoms with Gasteiger partial charge in [0.25, 0.3) is 0 Å². The number of methoxy groups -OCH3 is 1. The van der Waals surface area contributed by atoms with Crippen LogP contribution in [-0.2, 0) is 16.1 Å². The van der Waals surface area contributed by atoms with Crippen molar-refractivity contribution < 1.29 is 17.0 Å². The zero-order valence-corrected chi connectivity index (χ0v) is 9.81. The zero-order chi connectivity index (χ0) is 13.9. The van der Waals surface area contributed by atoms with Crippen LogP contribution in [0.3, 0.4) is 0 Å². The molecule has 0 spiro atoms. The minimum atomic E-state index is -1.78. The highest BCUT2D eigenvalue weighted by Crippen LogP contribution is 2.14. The second-order valence-electron chi connectivity index (χ2n) is 3.84. The summed E-state index contributed by atoms with van der Waals surface area (Å²) in [7, 11) is 1.60. The van der Waals surface area contributed by atoms with Crippen molar-refractivity contribution in [2.45, 2.75) is 13.0 Å². The summed E-state index contributed by atoms with van der Waals surface area (Å²) < 4.78 is 25.4. The minimum absolute atomic E-state index is 0.0438. The molecule has 2 rings (SSSR count). The normalized spacial score (nSPS) is 21.5. The van der Waals surface area contributed by atoms with Crippen molar-refractivity contribution in [2.75, 3.05) is 26.8 Å². The van der Waals surface area contributed by atoms with E-state index in [4.69, 9.17) is 12.2 Å². The summed E-state index contributed by atoms with van der Waals surface area (Å²) in [6, 6.07) is 7.38. The number of benzene rings is 1. The topological polar surface area (TPSA) is 38.8 Å². The predicted octanol–water partition coefficient (Wildman–Crippen LogP) is 1.44. The van der Waals surface area contributed by atoms with Gasteiger partial charge in [-0.05, 0) is 17.7 Å². The van der Waals surface area contributed by atoms with E-state index in [1.54, 1.807) is 7.11 Å². The highest BCUT2D eigenvalue weighted by Gasteiger charge is 2.16. The maximum absolute atomic E-state index is 11.9. The monoisotopic (exact) mass is 237 g/mol. The van der Waals surface area contributed by atoms with Crippen LogP contribution in [0, 0.1) is 0 Å². The molecule has 1 aromatic carbocycles. The van der Waals surface area contributed by atoms with Gasteiger partial charge in [0.15, 0.2) is 0 Å². The largest absolute Gasteiger partial charge is 0.497 e. The Bertz CT molecular complexity index is 448. The number of carbonyl (C=O) groups is 1. The van der Waals surface area contributed by atoms with Crippen molar-refractivity contribution in [2.24, 2.45) is 0 Å². The maximum atomic E-state index is 11.9. The fourth-order valence-corrected chi connectivity index (χ4v) is 1.68. The Hall–Kier alpha value is -1.55. The first kappa shape index (κ1) is 9.48. The van der Waals surface area contributed by atoms with E-state index in [0.29, 0.717) is 6.54 Å². The molecule has 0 atom stereocenters. The molecule has 4 heteroatoms. The Morgan fingerprint density at radius 1 is 1.47 bits per heavy atom. The van der Waals surface area contributed by atoms with Crippen LogP contribution in [0.4, 0.5) is 0 Å². The first-order valence-corrected chi connectivity index (χ1v) is 5.55. The van der Waals surface area contributed by atoms with Crippen LogP contribution in [0.15, 0.2) is 24.3 Å². The van der Waals surface area contributed by atoms with E-state index in [1.807, 2.05) is 24.3 Å². The van der Waals surface area contributed by atoms with Crippen LogP contribution < -0.4 is 4.74 Å². The van der Waals surface area contributed by atoms with Gasteiger partial charge in [-0.15, -0.1) is 0 Å². The summed E-state index contributed by atoms with van der Waals surface area (Å²) in [5.41, 5.74) is 0.937. The lowest BCUT2D eigenvalue weighted by atomic mass is 10.2. The summed E-state index contributed by atoms with van der Waals surface area (Å²) >= 11 is 0. The molecule has 1 saturated heterocycles. The van der Waals surface area contributed by atoms with Gasteiger partial charge in [0.1, 0.15) is 5.75 Å². The smallest absolute Gasteiger partial charge is 0.225 e. The van der Waals surface area contributed by atoms with Crippen LogP contribution >= 0.6 is 0 Å². The second-order valence-corrected chi connectivity index (χ2v) is 3.84.